The Hall–Kier alpha value is -3.22. The number of benzene rings is 3. The van der Waals surface area contributed by atoms with E-state index in [-0.39, 0.29) is 26.2 Å². The molecule has 14 heteroatoms. The van der Waals surface area contributed by atoms with Gasteiger partial charge in [-0.3, -0.25) is 4.18 Å². The molecule has 0 radical (unpaired) electrons. The summed E-state index contributed by atoms with van der Waals surface area (Å²) in [6, 6.07) is 11.8. The first-order chi connectivity index (χ1) is 20.6. The number of halogens is 4. The van der Waals surface area contributed by atoms with Crippen molar-refractivity contribution in [2.75, 3.05) is 13.7 Å². The summed E-state index contributed by atoms with van der Waals surface area (Å²) in [6.45, 7) is 6.16. The fourth-order valence-corrected chi connectivity index (χ4v) is 6.30. The van der Waals surface area contributed by atoms with Gasteiger partial charge in [-0.05, 0) is 64.1 Å². The van der Waals surface area contributed by atoms with E-state index in [4.69, 9.17) is 48.5 Å². The van der Waals surface area contributed by atoms with Gasteiger partial charge in [-0.1, -0.05) is 74.3 Å². The van der Waals surface area contributed by atoms with Crippen molar-refractivity contribution >= 4 is 63.1 Å². The molecule has 236 valence electrons. The molecule has 0 aliphatic rings. The summed E-state index contributed by atoms with van der Waals surface area (Å²) in [5, 5.41) is 2.83. The van der Waals surface area contributed by atoms with E-state index in [1.54, 1.807) is 39.8 Å². The molecule has 0 N–H and O–H groups in total. The predicted molar refractivity (Wildman–Crippen MR) is 165 cm³/mol. The molecule has 3 aromatic rings. The predicted octanol–water partition coefficient (Wildman–Crippen LogP) is 7.01. The van der Waals surface area contributed by atoms with Crippen molar-refractivity contribution < 1.29 is 40.9 Å². The van der Waals surface area contributed by atoms with E-state index in [9.17, 15) is 18.0 Å². The van der Waals surface area contributed by atoms with Crippen LogP contribution in [0.4, 0.5) is 4.39 Å². The third-order valence-electron chi connectivity index (χ3n) is 6.02. The van der Waals surface area contributed by atoms with Crippen molar-refractivity contribution in [3.8, 4) is 0 Å². The monoisotopic (exact) mass is 687 g/mol. The molecule has 9 nitrogen and oxygen atoms in total. The van der Waals surface area contributed by atoms with Crippen LogP contribution in [0, 0.1) is 27.7 Å². The average Bonchev–Trinajstić information content (AvgIpc) is 2.93. The summed E-state index contributed by atoms with van der Waals surface area (Å²) < 4.78 is 58.8. The maximum Gasteiger partial charge on any atom is 0.338 e. The van der Waals surface area contributed by atoms with Crippen LogP contribution < -0.4 is 0 Å². The Morgan fingerprint density at radius 1 is 0.818 bits per heavy atom. The molecule has 0 aromatic heterocycles. The van der Waals surface area contributed by atoms with E-state index in [0.717, 1.165) is 41.5 Å². The highest BCUT2D eigenvalue weighted by Crippen LogP contribution is 2.33. The lowest BCUT2D eigenvalue weighted by Crippen LogP contribution is -2.45. The highest BCUT2D eigenvalue weighted by molar-refractivity contribution is 7.87. The number of aryl methyl sites for hydroxylation is 4. The molecule has 0 heterocycles. The summed E-state index contributed by atoms with van der Waals surface area (Å²) in [4.78, 5) is 30.1. The Balaban J connectivity index is 2.06. The zero-order valence-electron chi connectivity index (χ0n) is 24.3. The van der Waals surface area contributed by atoms with Crippen molar-refractivity contribution in [1.82, 2.24) is 0 Å². The average molecular weight is 689 g/mol. The van der Waals surface area contributed by atoms with Gasteiger partial charge in [0.25, 0.3) is 10.1 Å². The van der Waals surface area contributed by atoms with Gasteiger partial charge in [0.1, 0.15) is 18.6 Å². The van der Waals surface area contributed by atoms with Crippen molar-refractivity contribution in [3.05, 3.63) is 97.0 Å². The Bertz CT molecular complexity index is 1640. The highest BCUT2D eigenvalue weighted by atomic mass is 35.5. The number of rotatable bonds is 12. The largest absolute Gasteiger partial charge is 0.459 e. The molecular formula is C30H29Cl3FNO8S. The molecule has 0 fully saturated rings. The minimum absolute atomic E-state index is 0.0330. The molecule has 44 heavy (non-hydrogen) atoms. The number of nitrogens with zero attached hydrogens (tertiary/aromatic N) is 1. The molecule has 0 aliphatic carbocycles. The third-order valence-corrected chi connectivity index (χ3v) is 8.54. The van der Waals surface area contributed by atoms with Gasteiger partial charge in [-0.25, -0.2) is 14.0 Å². The topological polar surface area (TPSA) is 118 Å². The lowest BCUT2D eigenvalue weighted by atomic mass is 10.1. The standard InChI is InChI=1S/C30H29Cl3FNO8S/c1-16-6-17(2)9-20(8-16)29(36)41-15-26(43-44(38,39)27-13-23(32)22(31)12-24(27)33)28(25(34)14-35-40-5)42-30(37)21-10-18(3)7-19(4)11-21/h6-14,25-26,28H,15H2,1-5H3/t25-,26-,28+/m1/s1. The van der Waals surface area contributed by atoms with Crippen molar-refractivity contribution in [2.45, 2.75) is 51.0 Å². The Morgan fingerprint density at radius 3 is 1.84 bits per heavy atom. The van der Waals surface area contributed by atoms with Crippen LogP contribution in [0.1, 0.15) is 43.0 Å². The maximum absolute atomic E-state index is 15.7. The lowest BCUT2D eigenvalue weighted by molar-refractivity contribution is -0.0478. The van der Waals surface area contributed by atoms with Gasteiger partial charge in [0.2, 0.25) is 0 Å². The molecule has 0 spiro atoms. The van der Waals surface area contributed by atoms with Crippen molar-refractivity contribution in [2.24, 2.45) is 5.16 Å². The lowest BCUT2D eigenvalue weighted by Gasteiger charge is -2.27. The Morgan fingerprint density at radius 2 is 1.32 bits per heavy atom. The summed E-state index contributed by atoms with van der Waals surface area (Å²) in [5.41, 5.74) is 3.18. The molecule has 3 atom stereocenters. The number of hydrogen-bond donors (Lipinski definition) is 0. The molecule has 0 aliphatic heterocycles. The summed E-state index contributed by atoms with van der Waals surface area (Å²) in [7, 11) is -3.72. The number of hydrogen-bond acceptors (Lipinski definition) is 9. The van der Waals surface area contributed by atoms with Crippen LogP contribution in [0.3, 0.4) is 0 Å². The van der Waals surface area contributed by atoms with Gasteiger partial charge in [0.05, 0.1) is 32.4 Å². The Labute approximate surface area is 269 Å². The van der Waals surface area contributed by atoms with Crippen LogP contribution in [0.5, 0.6) is 0 Å². The van der Waals surface area contributed by atoms with E-state index in [1.807, 2.05) is 12.1 Å². The fraction of sp³-hybridized carbons (Fsp3) is 0.300. The van der Waals surface area contributed by atoms with E-state index in [2.05, 4.69) is 9.99 Å². The second-order valence-corrected chi connectivity index (χ2v) is 12.7. The molecule has 3 aromatic carbocycles. The van der Waals surface area contributed by atoms with Gasteiger partial charge in [0.15, 0.2) is 18.4 Å². The molecule has 0 unspecified atom stereocenters. The molecule has 0 amide bonds. The minimum Gasteiger partial charge on any atom is -0.459 e. The number of esters is 2. The van der Waals surface area contributed by atoms with Gasteiger partial charge >= 0.3 is 11.9 Å². The van der Waals surface area contributed by atoms with Crippen LogP contribution in [-0.2, 0) is 28.6 Å². The SMILES string of the molecule is CON=C[C@@H](F)[C@H](OC(=O)c1cc(C)cc(C)c1)[C@@H](COC(=O)c1cc(C)cc(C)c1)OS(=O)(=O)c1cc(Cl)c(Cl)cc1Cl. The van der Waals surface area contributed by atoms with Crippen LogP contribution in [-0.4, -0.2) is 58.7 Å². The van der Waals surface area contributed by atoms with Gasteiger partial charge in [-0.15, -0.1) is 0 Å². The second-order valence-electron chi connectivity index (χ2n) is 9.89. The highest BCUT2D eigenvalue weighted by Gasteiger charge is 2.39. The van der Waals surface area contributed by atoms with Gasteiger partial charge < -0.3 is 14.3 Å². The molecule has 0 saturated carbocycles. The number of ether oxygens (including phenoxy) is 2. The first-order valence-electron chi connectivity index (χ1n) is 12.9. The van der Waals surface area contributed by atoms with E-state index in [1.165, 1.54) is 12.1 Å². The number of carbonyl (C=O) groups excluding carboxylic acids is 2. The van der Waals surface area contributed by atoms with Crippen molar-refractivity contribution in [1.29, 1.82) is 0 Å². The van der Waals surface area contributed by atoms with Crippen LogP contribution in [0.2, 0.25) is 15.1 Å². The van der Waals surface area contributed by atoms with Crippen molar-refractivity contribution in [3.63, 3.8) is 0 Å². The van der Waals surface area contributed by atoms with Gasteiger partial charge in [0, 0.05) is 0 Å². The molecular weight excluding hydrogens is 660 g/mol. The summed E-state index contributed by atoms with van der Waals surface area (Å²) in [6.07, 6.45) is -5.63. The fourth-order valence-electron chi connectivity index (χ4n) is 4.26. The zero-order valence-corrected chi connectivity index (χ0v) is 27.4. The maximum atomic E-state index is 15.7. The van der Waals surface area contributed by atoms with Gasteiger partial charge in [-0.2, -0.15) is 8.42 Å². The van der Waals surface area contributed by atoms with Crippen LogP contribution in [0.15, 0.2) is 58.6 Å². The normalized spacial score (nSPS) is 13.8. The van der Waals surface area contributed by atoms with E-state index < -0.39 is 51.9 Å². The first kappa shape index (κ1) is 35.3. The summed E-state index contributed by atoms with van der Waals surface area (Å²) in [5.74, 6) is -1.87. The van der Waals surface area contributed by atoms with Crippen LogP contribution >= 0.6 is 34.8 Å². The molecule has 0 saturated heterocycles. The quantitative estimate of drug-likeness (QED) is 0.0656. The number of alkyl halides is 1. The Kier molecular flexibility index (Phi) is 12.2. The third kappa shape index (κ3) is 9.39. The molecule has 3 rings (SSSR count). The number of carbonyl (C=O) groups is 2. The van der Waals surface area contributed by atoms with E-state index >= 15 is 4.39 Å². The molecule has 0 bridgehead atoms. The smallest absolute Gasteiger partial charge is 0.338 e. The minimum atomic E-state index is -4.87. The van der Waals surface area contributed by atoms with E-state index in [0.29, 0.717) is 6.21 Å². The second kappa shape index (κ2) is 15.2. The first-order valence-corrected chi connectivity index (χ1v) is 15.5. The zero-order chi connectivity index (χ0) is 32.8. The number of oxime groups is 1. The summed E-state index contributed by atoms with van der Waals surface area (Å²) >= 11 is 18.1. The van der Waals surface area contributed by atoms with Crippen LogP contribution in [0.25, 0.3) is 0 Å².